The number of ether oxygens (including phenoxy) is 1. The maximum absolute atomic E-state index is 11.8. The van der Waals surface area contributed by atoms with Gasteiger partial charge in [0.05, 0.1) is 17.0 Å². The van der Waals surface area contributed by atoms with E-state index >= 15 is 0 Å². The molecular formula is C13H20N2O3S. The maximum Gasteiger partial charge on any atom is 0.240 e. The topological polar surface area (TPSA) is 67.4 Å². The van der Waals surface area contributed by atoms with E-state index in [-0.39, 0.29) is 17.0 Å². The van der Waals surface area contributed by atoms with Crippen LogP contribution in [0.3, 0.4) is 0 Å². The molecule has 1 saturated heterocycles. The van der Waals surface area contributed by atoms with E-state index in [1.54, 1.807) is 12.1 Å². The van der Waals surface area contributed by atoms with Crippen LogP contribution in [0.5, 0.6) is 0 Å². The number of hydrogen-bond donors (Lipinski definition) is 2. The molecule has 2 unspecified atom stereocenters. The molecule has 1 aromatic rings. The monoisotopic (exact) mass is 284 g/mol. The molecule has 0 aromatic heterocycles. The lowest BCUT2D eigenvalue weighted by Crippen LogP contribution is -2.27. The molecule has 1 fully saturated rings. The van der Waals surface area contributed by atoms with Gasteiger partial charge in [-0.2, -0.15) is 0 Å². The minimum atomic E-state index is -3.41. The van der Waals surface area contributed by atoms with Crippen molar-refractivity contribution in [1.82, 2.24) is 4.72 Å². The fourth-order valence-corrected chi connectivity index (χ4v) is 2.92. The van der Waals surface area contributed by atoms with E-state index in [4.69, 9.17) is 4.74 Å². The van der Waals surface area contributed by atoms with E-state index in [9.17, 15) is 8.42 Å². The average molecular weight is 284 g/mol. The van der Waals surface area contributed by atoms with Crippen molar-refractivity contribution < 1.29 is 13.2 Å². The second-order valence-corrected chi connectivity index (χ2v) is 6.69. The van der Waals surface area contributed by atoms with Gasteiger partial charge in [0.2, 0.25) is 10.0 Å². The van der Waals surface area contributed by atoms with Crippen LogP contribution in [0, 0.1) is 6.92 Å². The molecule has 2 rings (SSSR count). The standard InChI is InChI=1S/C13H20N2O3S/c1-9-4-5-11(19(16,17)14-3)8-13(9)15-12-6-7-18-10(12)2/h4-5,8,10,12,14-15H,6-7H2,1-3H3. The van der Waals surface area contributed by atoms with E-state index in [1.165, 1.54) is 7.05 Å². The third-order valence-electron chi connectivity index (χ3n) is 3.51. The van der Waals surface area contributed by atoms with Gasteiger partial charge in [0.25, 0.3) is 0 Å². The summed E-state index contributed by atoms with van der Waals surface area (Å²) in [6.07, 6.45) is 1.08. The first-order chi connectivity index (χ1) is 8.94. The van der Waals surface area contributed by atoms with Gasteiger partial charge in [-0.3, -0.25) is 0 Å². The summed E-state index contributed by atoms with van der Waals surface area (Å²) >= 11 is 0. The summed E-state index contributed by atoms with van der Waals surface area (Å²) in [5, 5.41) is 3.38. The summed E-state index contributed by atoms with van der Waals surface area (Å²) in [4.78, 5) is 0.273. The number of anilines is 1. The predicted octanol–water partition coefficient (Wildman–Crippen LogP) is 1.49. The number of sulfonamides is 1. The molecule has 0 spiro atoms. The molecule has 19 heavy (non-hydrogen) atoms. The van der Waals surface area contributed by atoms with Gasteiger partial charge in [0.15, 0.2) is 0 Å². The third-order valence-corrected chi connectivity index (χ3v) is 4.92. The highest BCUT2D eigenvalue weighted by molar-refractivity contribution is 7.89. The van der Waals surface area contributed by atoms with E-state index in [0.717, 1.165) is 24.3 Å². The number of aryl methyl sites for hydroxylation is 1. The van der Waals surface area contributed by atoms with E-state index in [0.29, 0.717) is 0 Å². The Hall–Kier alpha value is -1.11. The van der Waals surface area contributed by atoms with Gasteiger partial charge in [0.1, 0.15) is 0 Å². The first-order valence-electron chi connectivity index (χ1n) is 6.36. The molecule has 6 heteroatoms. The summed E-state index contributed by atoms with van der Waals surface area (Å²) in [6, 6.07) is 5.33. The van der Waals surface area contributed by atoms with Gasteiger partial charge < -0.3 is 10.1 Å². The largest absolute Gasteiger partial charge is 0.379 e. The zero-order valence-corrected chi connectivity index (χ0v) is 12.3. The molecule has 1 aliphatic heterocycles. The molecule has 0 bridgehead atoms. The Kier molecular flexibility index (Phi) is 4.13. The SMILES string of the molecule is CNS(=O)(=O)c1ccc(C)c(NC2CCOC2C)c1. The van der Waals surface area contributed by atoms with Crippen LogP contribution < -0.4 is 10.0 Å². The number of nitrogens with one attached hydrogen (secondary N) is 2. The Bertz CT molecular complexity index is 557. The quantitative estimate of drug-likeness (QED) is 0.879. The number of benzene rings is 1. The Morgan fingerprint density at radius 2 is 2.11 bits per heavy atom. The summed E-state index contributed by atoms with van der Waals surface area (Å²) < 4.78 is 31.4. The fourth-order valence-electron chi connectivity index (χ4n) is 2.16. The zero-order valence-electron chi connectivity index (χ0n) is 11.4. The van der Waals surface area contributed by atoms with Crippen molar-refractivity contribution in [1.29, 1.82) is 0 Å². The summed E-state index contributed by atoms with van der Waals surface area (Å²) in [5.74, 6) is 0. The second-order valence-electron chi connectivity index (χ2n) is 4.80. The molecule has 0 amide bonds. The molecular weight excluding hydrogens is 264 g/mol. The molecule has 0 aliphatic carbocycles. The maximum atomic E-state index is 11.8. The van der Waals surface area contributed by atoms with Crippen molar-refractivity contribution in [2.45, 2.75) is 37.3 Å². The summed E-state index contributed by atoms with van der Waals surface area (Å²) in [5.41, 5.74) is 1.87. The van der Waals surface area contributed by atoms with Gasteiger partial charge in [0, 0.05) is 12.3 Å². The van der Waals surface area contributed by atoms with Crippen molar-refractivity contribution in [2.24, 2.45) is 0 Å². The van der Waals surface area contributed by atoms with Crippen LogP contribution in [-0.2, 0) is 14.8 Å². The lowest BCUT2D eigenvalue weighted by molar-refractivity contribution is 0.121. The number of rotatable bonds is 4. The molecule has 0 radical (unpaired) electrons. The highest BCUT2D eigenvalue weighted by Crippen LogP contribution is 2.24. The Morgan fingerprint density at radius 3 is 2.68 bits per heavy atom. The Labute approximate surface area is 114 Å². The fraction of sp³-hybridized carbons (Fsp3) is 0.538. The first kappa shape index (κ1) is 14.3. The van der Waals surface area contributed by atoms with Crippen LogP contribution in [0.1, 0.15) is 18.9 Å². The number of hydrogen-bond acceptors (Lipinski definition) is 4. The van der Waals surface area contributed by atoms with Crippen molar-refractivity contribution in [3.63, 3.8) is 0 Å². The van der Waals surface area contributed by atoms with E-state index < -0.39 is 10.0 Å². The highest BCUT2D eigenvalue weighted by atomic mass is 32.2. The summed E-state index contributed by atoms with van der Waals surface area (Å²) in [7, 11) is -1.99. The van der Waals surface area contributed by atoms with Crippen LogP contribution in [0.25, 0.3) is 0 Å². The average Bonchev–Trinajstić information content (AvgIpc) is 2.77. The first-order valence-corrected chi connectivity index (χ1v) is 7.84. The van der Waals surface area contributed by atoms with Crippen molar-refractivity contribution in [3.8, 4) is 0 Å². The minimum Gasteiger partial charge on any atom is -0.379 e. The Balaban J connectivity index is 2.27. The predicted molar refractivity (Wildman–Crippen MR) is 74.9 cm³/mol. The molecule has 2 N–H and O–H groups in total. The normalized spacial score (nSPS) is 23.5. The van der Waals surface area contributed by atoms with Crippen molar-refractivity contribution in [2.75, 3.05) is 19.0 Å². The lowest BCUT2D eigenvalue weighted by atomic mass is 10.1. The van der Waals surface area contributed by atoms with Gasteiger partial charge in [-0.15, -0.1) is 0 Å². The zero-order chi connectivity index (χ0) is 14.0. The molecule has 1 aromatic carbocycles. The second kappa shape index (κ2) is 5.48. The lowest BCUT2D eigenvalue weighted by Gasteiger charge is -2.19. The molecule has 1 aliphatic rings. The molecule has 1 heterocycles. The van der Waals surface area contributed by atoms with Gasteiger partial charge >= 0.3 is 0 Å². The molecule has 2 atom stereocenters. The van der Waals surface area contributed by atoms with Crippen LogP contribution in [0.15, 0.2) is 23.1 Å². The van der Waals surface area contributed by atoms with E-state index in [2.05, 4.69) is 10.0 Å². The molecule has 0 saturated carbocycles. The van der Waals surface area contributed by atoms with Crippen LogP contribution in [0.2, 0.25) is 0 Å². The minimum absolute atomic E-state index is 0.143. The van der Waals surface area contributed by atoms with Crippen LogP contribution in [0.4, 0.5) is 5.69 Å². The van der Waals surface area contributed by atoms with Crippen LogP contribution >= 0.6 is 0 Å². The van der Waals surface area contributed by atoms with Gasteiger partial charge in [-0.1, -0.05) is 6.07 Å². The Morgan fingerprint density at radius 1 is 1.37 bits per heavy atom. The molecule has 5 nitrogen and oxygen atoms in total. The van der Waals surface area contributed by atoms with Gasteiger partial charge in [-0.05, 0) is 45.0 Å². The van der Waals surface area contributed by atoms with Gasteiger partial charge in [-0.25, -0.2) is 13.1 Å². The highest BCUT2D eigenvalue weighted by Gasteiger charge is 2.24. The van der Waals surface area contributed by atoms with Crippen molar-refractivity contribution in [3.05, 3.63) is 23.8 Å². The third kappa shape index (κ3) is 3.08. The molecule has 106 valence electrons. The van der Waals surface area contributed by atoms with Crippen molar-refractivity contribution >= 4 is 15.7 Å². The summed E-state index contributed by atoms with van der Waals surface area (Å²) in [6.45, 7) is 4.72. The smallest absolute Gasteiger partial charge is 0.240 e. The van der Waals surface area contributed by atoms with E-state index in [1.807, 2.05) is 19.9 Å². The van der Waals surface area contributed by atoms with Crippen LogP contribution in [-0.4, -0.2) is 34.2 Å².